The molecule has 2 aliphatic heterocycles. The Kier molecular flexibility index (Phi) is 8.48. The monoisotopic (exact) mass is 593 g/mol. The number of nitrogens with zero attached hydrogens (tertiary/aromatic N) is 3. The first-order chi connectivity index (χ1) is 20.4. The largest absolute Gasteiger partial charge is 0.369 e. The summed E-state index contributed by atoms with van der Waals surface area (Å²) in [7, 11) is -2.07. The summed E-state index contributed by atoms with van der Waals surface area (Å²) in [6.07, 6.45) is 4.75. The van der Waals surface area contributed by atoms with Crippen LogP contribution >= 0.6 is 0 Å². The van der Waals surface area contributed by atoms with Crippen molar-refractivity contribution in [2.24, 2.45) is 0 Å². The standard InChI is InChI=1S/C30H39N7O4S/c1-20-18-31-28-27(20)29(33-24-10-6-7-11-25(24)42(38,39)36-22-8-4-3-5-9-22)35-30(34-28)32-21-12-14-23(15-13-21)37-16-17-41-26(19-37)40-2/h6-7,10-15,20,22,26,36H,3-5,8-9,16-19H2,1-2H3,(H3,31,32,33,34,35). The first-order valence-corrected chi connectivity index (χ1v) is 16.2. The number of hydrogen-bond acceptors (Lipinski definition) is 10. The molecule has 1 aliphatic carbocycles. The zero-order chi connectivity index (χ0) is 29.1. The Balaban J connectivity index is 1.24. The molecule has 3 heterocycles. The maximum atomic E-state index is 13.5. The molecule has 1 saturated carbocycles. The zero-order valence-corrected chi connectivity index (χ0v) is 24.9. The van der Waals surface area contributed by atoms with Crippen LogP contribution in [0, 0.1) is 0 Å². The van der Waals surface area contributed by atoms with Crippen molar-refractivity contribution in [3.05, 3.63) is 54.1 Å². The second-order valence-electron chi connectivity index (χ2n) is 11.2. The van der Waals surface area contributed by atoms with Gasteiger partial charge in [-0.05, 0) is 49.2 Å². The second kappa shape index (κ2) is 12.4. The molecule has 2 atom stereocenters. The molecule has 11 nitrogen and oxygen atoms in total. The number of anilines is 6. The van der Waals surface area contributed by atoms with Crippen LogP contribution in [0.25, 0.3) is 0 Å². The summed E-state index contributed by atoms with van der Waals surface area (Å²) in [5, 5.41) is 10.0. The molecule has 42 heavy (non-hydrogen) atoms. The summed E-state index contributed by atoms with van der Waals surface area (Å²) in [5.41, 5.74) is 3.34. The number of ether oxygens (including phenoxy) is 2. The quantitative estimate of drug-likeness (QED) is 0.271. The topological polar surface area (TPSA) is 130 Å². The number of hydrogen-bond donors (Lipinski definition) is 4. The van der Waals surface area contributed by atoms with Crippen LogP contribution in [-0.4, -0.2) is 64.1 Å². The lowest BCUT2D eigenvalue weighted by Crippen LogP contribution is -2.43. The molecule has 12 heteroatoms. The van der Waals surface area contributed by atoms with Crippen LogP contribution < -0.4 is 25.6 Å². The fourth-order valence-electron chi connectivity index (χ4n) is 5.89. The molecule has 0 radical (unpaired) electrons. The lowest BCUT2D eigenvalue weighted by Gasteiger charge is -2.33. The van der Waals surface area contributed by atoms with Crippen LogP contribution in [0.15, 0.2) is 53.4 Å². The number of sulfonamides is 1. The summed E-state index contributed by atoms with van der Waals surface area (Å²) in [6, 6.07) is 15.0. The predicted octanol–water partition coefficient (Wildman–Crippen LogP) is 4.91. The third-order valence-corrected chi connectivity index (χ3v) is 9.74. The van der Waals surface area contributed by atoms with E-state index in [1.54, 1.807) is 25.3 Å². The number of fused-ring (bicyclic) bond motifs is 1. The number of morpholine rings is 1. The number of nitrogens with one attached hydrogen (secondary N) is 4. The van der Waals surface area contributed by atoms with Gasteiger partial charge in [0.15, 0.2) is 6.29 Å². The van der Waals surface area contributed by atoms with Gasteiger partial charge in [-0.3, -0.25) is 0 Å². The van der Waals surface area contributed by atoms with Crippen molar-refractivity contribution in [3.63, 3.8) is 0 Å². The summed E-state index contributed by atoms with van der Waals surface area (Å²) >= 11 is 0. The van der Waals surface area contributed by atoms with E-state index in [1.807, 2.05) is 30.3 Å². The minimum atomic E-state index is -3.72. The van der Waals surface area contributed by atoms with Gasteiger partial charge < -0.3 is 30.3 Å². The average Bonchev–Trinajstić information content (AvgIpc) is 3.38. The van der Waals surface area contributed by atoms with E-state index < -0.39 is 10.0 Å². The molecule has 2 aromatic carbocycles. The third kappa shape index (κ3) is 6.31. The van der Waals surface area contributed by atoms with Crippen molar-refractivity contribution in [2.45, 2.75) is 62.2 Å². The first-order valence-electron chi connectivity index (χ1n) is 14.7. The van der Waals surface area contributed by atoms with E-state index in [-0.39, 0.29) is 23.1 Å². The maximum absolute atomic E-state index is 13.5. The van der Waals surface area contributed by atoms with Gasteiger partial charge >= 0.3 is 0 Å². The van der Waals surface area contributed by atoms with Crippen molar-refractivity contribution in [1.29, 1.82) is 0 Å². The fourth-order valence-corrected chi connectivity index (χ4v) is 7.36. The van der Waals surface area contributed by atoms with Crippen molar-refractivity contribution in [3.8, 4) is 0 Å². The molecule has 1 saturated heterocycles. The molecule has 6 rings (SSSR count). The van der Waals surface area contributed by atoms with Gasteiger partial charge in [0.1, 0.15) is 16.5 Å². The van der Waals surface area contributed by atoms with E-state index in [9.17, 15) is 8.42 Å². The smallest absolute Gasteiger partial charge is 0.242 e. The highest BCUT2D eigenvalue weighted by Crippen LogP contribution is 2.38. The van der Waals surface area contributed by atoms with Gasteiger partial charge in [0.05, 0.1) is 18.8 Å². The molecule has 1 aromatic heterocycles. The van der Waals surface area contributed by atoms with Crippen molar-refractivity contribution in [1.82, 2.24) is 14.7 Å². The molecule has 3 aromatic rings. The van der Waals surface area contributed by atoms with Crippen LogP contribution in [0.1, 0.15) is 50.5 Å². The van der Waals surface area contributed by atoms with Crippen LogP contribution in [0.2, 0.25) is 0 Å². The molecular formula is C30H39N7O4S. The Labute approximate surface area is 247 Å². The Hall–Kier alpha value is -3.45. The van der Waals surface area contributed by atoms with Gasteiger partial charge in [-0.15, -0.1) is 0 Å². The average molecular weight is 594 g/mol. The van der Waals surface area contributed by atoms with Crippen LogP contribution in [-0.2, 0) is 19.5 Å². The van der Waals surface area contributed by atoms with Crippen LogP contribution in [0.5, 0.6) is 0 Å². The molecule has 0 amide bonds. The summed E-state index contributed by atoms with van der Waals surface area (Å²) in [4.78, 5) is 12.0. The second-order valence-corrected chi connectivity index (χ2v) is 12.9. The summed E-state index contributed by atoms with van der Waals surface area (Å²) < 4.78 is 40.8. The normalized spacial score (nSPS) is 21.0. The van der Waals surface area contributed by atoms with E-state index in [0.29, 0.717) is 30.6 Å². The molecule has 2 unspecified atom stereocenters. The van der Waals surface area contributed by atoms with Gasteiger partial charge in [0.25, 0.3) is 0 Å². The third-order valence-electron chi connectivity index (χ3n) is 8.16. The number of benzene rings is 2. The number of methoxy groups -OCH3 is 1. The molecule has 4 N–H and O–H groups in total. The Morgan fingerprint density at radius 1 is 1.02 bits per heavy atom. The highest BCUT2D eigenvalue weighted by Gasteiger charge is 2.28. The van der Waals surface area contributed by atoms with Crippen molar-refractivity contribution >= 4 is 44.7 Å². The number of aromatic nitrogens is 2. The van der Waals surface area contributed by atoms with Gasteiger partial charge in [-0.1, -0.05) is 38.3 Å². The zero-order valence-electron chi connectivity index (χ0n) is 24.1. The Bertz CT molecular complexity index is 1500. The van der Waals surface area contributed by atoms with Gasteiger partial charge in [0, 0.05) is 49.1 Å². The minimum absolute atomic E-state index is 0.0313. The van der Waals surface area contributed by atoms with Gasteiger partial charge in [0.2, 0.25) is 16.0 Å². The van der Waals surface area contributed by atoms with E-state index >= 15 is 0 Å². The van der Waals surface area contributed by atoms with E-state index in [1.165, 1.54) is 0 Å². The lowest BCUT2D eigenvalue weighted by atomic mass is 9.96. The van der Waals surface area contributed by atoms with E-state index in [0.717, 1.165) is 67.9 Å². The van der Waals surface area contributed by atoms with E-state index in [4.69, 9.17) is 19.4 Å². The van der Waals surface area contributed by atoms with Crippen molar-refractivity contribution in [2.75, 3.05) is 54.2 Å². The number of rotatable bonds is 9. The minimum Gasteiger partial charge on any atom is -0.369 e. The van der Waals surface area contributed by atoms with Crippen molar-refractivity contribution < 1.29 is 17.9 Å². The molecular weight excluding hydrogens is 554 g/mol. The van der Waals surface area contributed by atoms with Crippen LogP contribution in [0.4, 0.5) is 34.6 Å². The highest BCUT2D eigenvalue weighted by molar-refractivity contribution is 7.89. The van der Waals surface area contributed by atoms with Gasteiger partial charge in [-0.2, -0.15) is 9.97 Å². The van der Waals surface area contributed by atoms with Crippen LogP contribution in [0.3, 0.4) is 0 Å². The Morgan fingerprint density at radius 2 is 1.81 bits per heavy atom. The van der Waals surface area contributed by atoms with Gasteiger partial charge in [-0.25, -0.2) is 13.1 Å². The molecule has 2 fully saturated rings. The SMILES string of the molecule is COC1CN(c2ccc(Nc3nc4c(c(Nc5ccccc5S(=O)(=O)NC5CCCCC5)n3)C(C)CN4)cc2)CCO1. The highest BCUT2D eigenvalue weighted by atomic mass is 32.2. The van der Waals surface area contributed by atoms with E-state index in [2.05, 4.69) is 32.5 Å². The summed E-state index contributed by atoms with van der Waals surface area (Å²) in [6.45, 7) is 4.91. The summed E-state index contributed by atoms with van der Waals surface area (Å²) in [5.74, 6) is 1.89. The fraction of sp³-hybridized carbons (Fsp3) is 0.467. The number of para-hydroxylation sites is 1. The molecule has 224 valence electrons. The molecule has 0 bridgehead atoms. The maximum Gasteiger partial charge on any atom is 0.242 e. The lowest BCUT2D eigenvalue weighted by molar-refractivity contribution is -0.128. The molecule has 0 spiro atoms. The predicted molar refractivity (Wildman–Crippen MR) is 165 cm³/mol. The molecule has 3 aliphatic rings. The first kappa shape index (κ1) is 28.7. The Morgan fingerprint density at radius 3 is 2.60 bits per heavy atom.